The van der Waals surface area contributed by atoms with Gasteiger partial charge in [-0.2, -0.15) is 0 Å². The van der Waals surface area contributed by atoms with E-state index in [1.54, 1.807) is 41.1 Å². The average molecular weight is 988 g/mol. The third-order valence-corrected chi connectivity index (χ3v) is 14.9. The fourth-order valence-electron chi connectivity index (χ4n) is 10.3. The van der Waals surface area contributed by atoms with E-state index in [2.05, 4.69) is 0 Å². The summed E-state index contributed by atoms with van der Waals surface area (Å²) in [6.45, 7) is 18.4. The Bertz CT molecular complexity index is 1810. The van der Waals surface area contributed by atoms with Crippen LogP contribution in [0.25, 0.3) is 0 Å². The largest absolute Gasteiger partial charge is 0.460 e. The van der Waals surface area contributed by atoms with E-state index in [4.69, 9.17) is 28.4 Å². The van der Waals surface area contributed by atoms with Gasteiger partial charge in [0.05, 0.1) is 24.4 Å². The van der Waals surface area contributed by atoms with Gasteiger partial charge in [-0.1, -0.05) is 71.1 Å². The number of piperidine rings is 1. The quantitative estimate of drug-likeness (QED) is 0.125. The summed E-state index contributed by atoms with van der Waals surface area (Å²) < 4.78 is 34.2. The Morgan fingerprint density at radius 1 is 0.829 bits per heavy atom. The summed E-state index contributed by atoms with van der Waals surface area (Å²) in [4.78, 5) is 71.8. The summed E-state index contributed by atoms with van der Waals surface area (Å²) in [5.41, 5.74) is 1.27. The number of rotatable bonds is 8. The van der Waals surface area contributed by atoms with E-state index in [9.17, 15) is 39.3 Å². The predicted molar refractivity (Wildman–Crippen MR) is 267 cm³/mol. The molecule has 1 amide bonds. The monoisotopic (exact) mass is 988 g/mol. The molecule has 2 bridgehead atoms. The number of hydrogen-bond donors (Lipinski definition) is 3. The van der Waals surface area contributed by atoms with E-state index in [1.807, 2.05) is 71.9 Å². The number of esters is 1. The fourth-order valence-corrected chi connectivity index (χ4v) is 10.3. The first kappa shape index (κ1) is 60.9. The lowest BCUT2D eigenvalue weighted by atomic mass is 9.78. The number of nitrogens with zero attached hydrogens (tertiary/aromatic N) is 1. The van der Waals surface area contributed by atoms with Gasteiger partial charge in [-0.05, 0) is 121 Å². The molecule has 15 heteroatoms. The van der Waals surface area contributed by atoms with Crippen molar-refractivity contribution < 1.29 is 67.7 Å². The highest BCUT2D eigenvalue weighted by Gasteiger charge is 2.53. The van der Waals surface area contributed by atoms with Crippen molar-refractivity contribution in [3.63, 3.8) is 0 Å². The lowest BCUT2D eigenvalue weighted by Crippen LogP contribution is -2.61. The highest BCUT2D eigenvalue weighted by Crippen LogP contribution is 2.38. The highest BCUT2D eigenvalue weighted by molar-refractivity contribution is 6.39. The molecule has 3 N–H and O–H groups in total. The van der Waals surface area contributed by atoms with Crippen LogP contribution in [0.15, 0.2) is 47.6 Å². The van der Waals surface area contributed by atoms with Crippen LogP contribution in [0.3, 0.4) is 0 Å². The molecule has 0 spiro atoms. The normalized spacial score (nSPS) is 36.9. The molecular weight excluding hydrogens is 899 g/mol. The first-order valence-electron chi connectivity index (χ1n) is 25.9. The van der Waals surface area contributed by atoms with Crippen molar-refractivity contribution in [1.82, 2.24) is 4.90 Å². The average Bonchev–Trinajstić information content (AvgIpc) is 3.33. The number of fused-ring (bicyclic) bond motifs is 3. The van der Waals surface area contributed by atoms with Crippen LogP contribution in [0.2, 0.25) is 0 Å². The molecule has 0 radical (unpaired) electrons. The number of amides is 1. The molecule has 1 saturated carbocycles. The van der Waals surface area contributed by atoms with Gasteiger partial charge in [0.1, 0.15) is 30.1 Å². The predicted octanol–water partition coefficient (Wildman–Crippen LogP) is 7.22. The third kappa shape index (κ3) is 17.4. The maximum absolute atomic E-state index is 14.4. The Balaban J connectivity index is 0.00000246. The van der Waals surface area contributed by atoms with Crippen LogP contribution in [-0.2, 0) is 52.4 Å². The van der Waals surface area contributed by atoms with E-state index in [-0.39, 0.29) is 54.8 Å². The number of carbonyl (C=O) groups excluding carboxylic acids is 5. The van der Waals surface area contributed by atoms with Crippen LogP contribution in [0, 0.1) is 35.5 Å². The van der Waals surface area contributed by atoms with Gasteiger partial charge in [-0.3, -0.25) is 19.2 Å². The number of aliphatic hydroxyl groups excluding tert-OH is 2. The van der Waals surface area contributed by atoms with Crippen LogP contribution in [0.5, 0.6) is 0 Å². The van der Waals surface area contributed by atoms with E-state index in [0.29, 0.717) is 63.4 Å². The molecule has 70 heavy (non-hydrogen) atoms. The van der Waals surface area contributed by atoms with Crippen molar-refractivity contribution in [2.45, 2.75) is 194 Å². The molecule has 0 aromatic carbocycles. The lowest BCUT2D eigenvalue weighted by Gasteiger charge is -2.42. The molecule has 15 atom stereocenters. The third-order valence-electron chi connectivity index (χ3n) is 14.9. The second-order valence-corrected chi connectivity index (χ2v) is 20.4. The zero-order chi connectivity index (χ0) is 52.3. The Morgan fingerprint density at radius 3 is 2.16 bits per heavy atom. The van der Waals surface area contributed by atoms with Crippen LogP contribution in [0.4, 0.5) is 0 Å². The van der Waals surface area contributed by atoms with Gasteiger partial charge in [0.25, 0.3) is 11.7 Å². The minimum absolute atomic E-state index is 0.0193. The Labute approximate surface area is 418 Å². The van der Waals surface area contributed by atoms with Crippen LogP contribution in [-0.4, -0.2) is 145 Å². The van der Waals surface area contributed by atoms with Crippen LogP contribution >= 0.6 is 0 Å². The maximum Gasteiger partial charge on any atom is 0.329 e. The van der Waals surface area contributed by atoms with Crippen molar-refractivity contribution >= 4 is 29.2 Å². The molecule has 2 saturated heterocycles. The standard InChI is InChI=1S/C51H79NO13.C4H10O/c1-30-16-12-11-13-17-31(2)42(61-8)28-38-21-19-36(7)51(60,65-38)48(57)49(58)52-23-15-14-18-39(52)50(59)64-43(33(4)26-37-20-22-40(53)44(27-37)62-9)29-41(54)32(3)25-35(6)46(56)47(63-10)45(55)34(5)24-30;1-3-5-4-2/h11-13,16-17,25,30,32-34,36-40,42-44,46-47,53,56,60H,14-15,18-24,26-29H2,1-10H3;3-4H2,1-2H3/b13-11?,16-12+,31-17?,35-25+;/t30-,32-,33-,34-,36-,37+,38+,39+,40-,42+,43+,44-,46-,47+,51-;/m1./s1. The van der Waals surface area contributed by atoms with E-state index in [0.717, 1.165) is 25.2 Å². The molecule has 3 fully saturated rings. The van der Waals surface area contributed by atoms with Crippen molar-refractivity contribution in [3.05, 3.63) is 47.6 Å². The topological polar surface area (TPSA) is 205 Å². The van der Waals surface area contributed by atoms with Gasteiger partial charge >= 0.3 is 5.97 Å². The second-order valence-electron chi connectivity index (χ2n) is 20.4. The first-order chi connectivity index (χ1) is 33.2. The fraction of sp³-hybridized carbons (Fsp3) is 0.764. The van der Waals surface area contributed by atoms with Crippen LogP contribution in [0.1, 0.15) is 139 Å². The zero-order valence-corrected chi connectivity index (χ0v) is 44.4. The first-order valence-corrected chi connectivity index (χ1v) is 25.9. The number of hydrogen-bond acceptors (Lipinski definition) is 14. The lowest BCUT2D eigenvalue weighted by molar-refractivity contribution is -0.265. The Kier molecular flexibility index (Phi) is 26.1. The minimum Gasteiger partial charge on any atom is -0.460 e. The number of ketones is 3. The van der Waals surface area contributed by atoms with E-state index in [1.165, 1.54) is 12.0 Å². The smallest absolute Gasteiger partial charge is 0.329 e. The summed E-state index contributed by atoms with van der Waals surface area (Å²) in [7, 11) is 4.52. The summed E-state index contributed by atoms with van der Waals surface area (Å²) in [6, 6.07) is -1.14. The molecule has 4 aliphatic rings. The van der Waals surface area contributed by atoms with Crippen molar-refractivity contribution in [2.75, 3.05) is 41.1 Å². The number of allylic oxidation sites excluding steroid dienone is 6. The molecule has 3 heterocycles. The number of ether oxygens (including phenoxy) is 6. The molecular formula is C55H89NO14. The van der Waals surface area contributed by atoms with Crippen molar-refractivity contribution in [2.24, 2.45) is 35.5 Å². The molecule has 3 aliphatic heterocycles. The van der Waals surface area contributed by atoms with Gasteiger partial charge in [0.2, 0.25) is 5.79 Å². The van der Waals surface area contributed by atoms with Crippen molar-refractivity contribution in [3.8, 4) is 0 Å². The van der Waals surface area contributed by atoms with Crippen molar-refractivity contribution in [1.29, 1.82) is 0 Å². The molecule has 0 aromatic rings. The van der Waals surface area contributed by atoms with Gasteiger partial charge < -0.3 is 48.6 Å². The second kappa shape index (κ2) is 29.9. The molecule has 0 aromatic heterocycles. The van der Waals surface area contributed by atoms with Gasteiger partial charge in [-0.15, -0.1) is 0 Å². The molecule has 0 unspecified atom stereocenters. The SMILES string of the molecule is CCOCC.CO[C@H]1C[C@@H]2CC[C@@H](C)[C@@](O)(O2)C(=O)C(=O)N2CCCC[C@H]2C(=O)O[C@H]([C@H](C)C[C@@H]2CC[C@@H](O)[C@H](OC)C2)CC(=O)[C@H](C)/C=C(\C)[C@@H](O)[C@@H](OC)C(=O)[C@H](C)C[C@H](C)/C=C/C=CC=C1C. The van der Waals surface area contributed by atoms with E-state index >= 15 is 0 Å². The summed E-state index contributed by atoms with van der Waals surface area (Å²) >= 11 is 0. The summed E-state index contributed by atoms with van der Waals surface area (Å²) in [5, 5.41) is 33.8. The Morgan fingerprint density at radius 2 is 1.53 bits per heavy atom. The van der Waals surface area contributed by atoms with Gasteiger partial charge in [0, 0.05) is 71.7 Å². The molecule has 1 aliphatic carbocycles. The Hall–Kier alpha value is -3.41. The van der Waals surface area contributed by atoms with Crippen LogP contribution < -0.4 is 0 Å². The maximum atomic E-state index is 14.4. The van der Waals surface area contributed by atoms with Gasteiger partial charge in [0.15, 0.2) is 5.78 Å². The molecule has 398 valence electrons. The van der Waals surface area contributed by atoms with Gasteiger partial charge in [-0.25, -0.2) is 4.79 Å². The minimum atomic E-state index is -2.43. The van der Waals surface area contributed by atoms with E-state index < -0.39 is 83.9 Å². The number of methoxy groups -OCH3 is 3. The number of cyclic esters (lactones) is 1. The molecule has 4 rings (SSSR count). The number of Topliss-reactive ketones (excluding diaryl/α,β-unsaturated/α-hetero) is 3. The number of carbonyl (C=O) groups is 5. The summed E-state index contributed by atoms with van der Waals surface area (Å²) in [6.07, 6.45) is 11.2. The zero-order valence-electron chi connectivity index (χ0n) is 44.4. The number of aliphatic hydroxyl groups is 3. The summed E-state index contributed by atoms with van der Waals surface area (Å²) in [5.74, 6) is -7.96. The highest BCUT2D eigenvalue weighted by atomic mass is 16.6. The molecule has 15 nitrogen and oxygen atoms in total.